The van der Waals surface area contributed by atoms with E-state index in [-0.39, 0.29) is 0 Å². The number of hydrogen-bond donors (Lipinski definition) is 1. The van der Waals surface area contributed by atoms with Gasteiger partial charge < -0.3 is 10.2 Å². The van der Waals surface area contributed by atoms with Gasteiger partial charge in [0.05, 0.1) is 0 Å². The van der Waals surface area contributed by atoms with Gasteiger partial charge in [0.15, 0.2) is 0 Å². The first-order valence-corrected chi connectivity index (χ1v) is 6.66. The van der Waals surface area contributed by atoms with Crippen molar-refractivity contribution in [1.82, 2.24) is 10.2 Å². The second-order valence-electron chi connectivity index (χ2n) is 5.61. The first-order chi connectivity index (χ1) is 7.29. The predicted octanol–water partition coefficient (Wildman–Crippen LogP) is 1.96. The van der Waals surface area contributed by atoms with Crippen LogP contribution in [0.5, 0.6) is 0 Å². The van der Waals surface area contributed by atoms with Crippen molar-refractivity contribution in [3.63, 3.8) is 0 Å². The zero-order valence-corrected chi connectivity index (χ0v) is 10.3. The summed E-state index contributed by atoms with van der Waals surface area (Å²) >= 11 is 0. The van der Waals surface area contributed by atoms with Gasteiger partial charge in [0, 0.05) is 6.54 Å². The Bertz CT molecular complexity index is 185. The highest BCUT2D eigenvalue weighted by molar-refractivity contribution is 4.86. The maximum absolute atomic E-state index is 3.26. The fourth-order valence-electron chi connectivity index (χ4n) is 2.79. The van der Waals surface area contributed by atoms with E-state index in [2.05, 4.69) is 24.2 Å². The molecular weight excluding hydrogens is 184 g/mol. The standard InChI is InChI=1S/C13H26N2/c1-11-9-13(11)10-15-7-4-12(5-8-15)3-6-14-2/h11-14H,3-10H2,1-2H3. The average molecular weight is 210 g/mol. The highest BCUT2D eigenvalue weighted by Gasteiger charge is 2.34. The van der Waals surface area contributed by atoms with Crippen LogP contribution in [0.4, 0.5) is 0 Å². The van der Waals surface area contributed by atoms with Crippen LogP contribution >= 0.6 is 0 Å². The number of hydrogen-bond acceptors (Lipinski definition) is 2. The van der Waals surface area contributed by atoms with E-state index < -0.39 is 0 Å². The molecule has 88 valence electrons. The number of likely N-dealkylation sites (tertiary alicyclic amines) is 1. The molecule has 2 unspecified atom stereocenters. The monoisotopic (exact) mass is 210 g/mol. The molecule has 1 saturated heterocycles. The number of nitrogens with zero attached hydrogens (tertiary/aromatic N) is 1. The second-order valence-corrected chi connectivity index (χ2v) is 5.61. The van der Waals surface area contributed by atoms with Crippen LogP contribution in [0.3, 0.4) is 0 Å². The van der Waals surface area contributed by atoms with Gasteiger partial charge in [-0.2, -0.15) is 0 Å². The van der Waals surface area contributed by atoms with Crippen molar-refractivity contribution in [3.8, 4) is 0 Å². The molecule has 2 nitrogen and oxygen atoms in total. The van der Waals surface area contributed by atoms with Crippen molar-refractivity contribution >= 4 is 0 Å². The van der Waals surface area contributed by atoms with Crippen LogP contribution in [0.2, 0.25) is 0 Å². The molecule has 2 heteroatoms. The lowest BCUT2D eigenvalue weighted by atomic mass is 9.93. The molecule has 0 aromatic heterocycles. The molecule has 2 aliphatic rings. The van der Waals surface area contributed by atoms with Gasteiger partial charge >= 0.3 is 0 Å². The molecule has 1 N–H and O–H groups in total. The van der Waals surface area contributed by atoms with Crippen LogP contribution in [-0.2, 0) is 0 Å². The van der Waals surface area contributed by atoms with Crippen LogP contribution in [0.25, 0.3) is 0 Å². The Balaban J connectivity index is 1.59. The van der Waals surface area contributed by atoms with Gasteiger partial charge in [-0.05, 0) is 70.1 Å². The zero-order chi connectivity index (χ0) is 10.7. The first kappa shape index (κ1) is 11.4. The quantitative estimate of drug-likeness (QED) is 0.746. The summed E-state index contributed by atoms with van der Waals surface area (Å²) in [5.74, 6) is 3.05. The SMILES string of the molecule is CNCCC1CCN(CC2CC2C)CC1. The normalized spacial score (nSPS) is 33.2. The highest BCUT2D eigenvalue weighted by Crippen LogP contribution is 2.38. The fraction of sp³-hybridized carbons (Fsp3) is 1.00. The molecule has 15 heavy (non-hydrogen) atoms. The third-order valence-corrected chi connectivity index (χ3v) is 4.28. The molecule has 0 amide bonds. The average Bonchev–Trinajstić information content (AvgIpc) is 2.93. The topological polar surface area (TPSA) is 15.3 Å². The molecule has 0 spiro atoms. The number of piperidine rings is 1. The Morgan fingerprint density at radius 3 is 2.47 bits per heavy atom. The minimum absolute atomic E-state index is 0.991. The molecule has 2 rings (SSSR count). The lowest BCUT2D eigenvalue weighted by Crippen LogP contribution is -2.36. The summed E-state index contributed by atoms with van der Waals surface area (Å²) in [6, 6.07) is 0. The molecule has 2 atom stereocenters. The maximum atomic E-state index is 3.26. The van der Waals surface area contributed by atoms with Crippen molar-refractivity contribution in [1.29, 1.82) is 0 Å². The summed E-state index contributed by atoms with van der Waals surface area (Å²) in [4.78, 5) is 2.70. The van der Waals surface area contributed by atoms with E-state index in [1.807, 2.05) is 0 Å². The van der Waals surface area contributed by atoms with Gasteiger partial charge in [0.1, 0.15) is 0 Å². The molecule has 1 aliphatic heterocycles. The van der Waals surface area contributed by atoms with Crippen molar-refractivity contribution in [2.45, 2.75) is 32.6 Å². The molecule has 1 heterocycles. The van der Waals surface area contributed by atoms with Gasteiger partial charge in [0.2, 0.25) is 0 Å². The summed E-state index contributed by atoms with van der Waals surface area (Å²) in [7, 11) is 2.06. The van der Waals surface area contributed by atoms with Gasteiger partial charge in [-0.1, -0.05) is 6.92 Å². The minimum Gasteiger partial charge on any atom is -0.320 e. The number of nitrogens with one attached hydrogen (secondary N) is 1. The Hall–Kier alpha value is -0.0800. The lowest BCUT2D eigenvalue weighted by molar-refractivity contribution is 0.171. The summed E-state index contributed by atoms with van der Waals surface area (Å²) in [6.07, 6.45) is 5.73. The Labute approximate surface area is 94.4 Å². The van der Waals surface area contributed by atoms with Crippen LogP contribution in [0.15, 0.2) is 0 Å². The molecule has 0 aromatic carbocycles. The van der Waals surface area contributed by atoms with E-state index in [9.17, 15) is 0 Å². The van der Waals surface area contributed by atoms with Crippen LogP contribution in [0, 0.1) is 17.8 Å². The van der Waals surface area contributed by atoms with E-state index in [0.717, 1.165) is 17.8 Å². The molecule has 0 bridgehead atoms. The molecule has 0 radical (unpaired) electrons. The molecule has 0 aromatic rings. The van der Waals surface area contributed by atoms with Crippen molar-refractivity contribution in [2.24, 2.45) is 17.8 Å². The van der Waals surface area contributed by atoms with Crippen LogP contribution < -0.4 is 5.32 Å². The van der Waals surface area contributed by atoms with E-state index in [1.54, 1.807) is 0 Å². The van der Waals surface area contributed by atoms with E-state index in [4.69, 9.17) is 0 Å². The fourth-order valence-corrected chi connectivity index (χ4v) is 2.79. The molecular formula is C13H26N2. The molecule has 1 saturated carbocycles. The zero-order valence-electron chi connectivity index (χ0n) is 10.3. The number of rotatable bonds is 5. The summed E-state index contributed by atoms with van der Waals surface area (Å²) in [6.45, 7) is 7.70. The van der Waals surface area contributed by atoms with Gasteiger partial charge in [-0.25, -0.2) is 0 Å². The van der Waals surface area contributed by atoms with Crippen molar-refractivity contribution in [3.05, 3.63) is 0 Å². The predicted molar refractivity (Wildman–Crippen MR) is 65.0 cm³/mol. The van der Waals surface area contributed by atoms with Crippen molar-refractivity contribution < 1.29 is 0 Å². The third kappa shape index (κ3) is 3.46. The third-order valence-electron chi connectivity index (χ3n) is 4.28. The Morgan fingerprint density at radius 1 is 1.27 bits per heavy atom. The summed E-state index contributed by atoms with van der Waals surface area (Å²) in [5.41, 5.74) is 0. The largest absolute Gasteiger partial charge is 0.320 e. The maximum Gasteiger partial charge on any atom is 0.00123 e. The Kier molecular flexibility index (Phi) is 4.04. The molecule has 2 fully saturated rings. The minimum atomic E-state index is 0.991. The second kappa shape index (κ2) is 5.31. The Morgan fingerprint density at radius 2 is 1.93 bits per heavy atom. The van der Waals surface area contributed by atoms with Crippen LogP contribution in [-0.4, -0.2) is 38.1 Å². The highest BCUT2D eigenvalue weighted by atomic mass is 15.1. The van der Waals surface area contributed by atoms with Gasteiger partial charge in [0.25, 0.3) is 0 Å². The molecule has 1 aliphatic carbocycles. The van der Waals surface area contributed by atoms with Gasteiger partial charge in [-0.3, -0.25) is 0 Å². The van der Waals surface area contributed by atoms with Crippen molar-refractivity contribution in [2.75, 3.05) is 33.2 Å². The lowest BCUT2D eigenvalue weighted by Gasteiger charge is -2.32. The van der Waals surface area contributed by atoms with E-state index >= 15 is 0 Å². The van der Waals surface area contributed by atoms with Crippen LogP contribution in [0.1, 0.15) is 32.6 Å². The first-order valence-electron chi connectivity index (χ1n) is 6.66. The summed E-state index contributed by atoms with van der Waals surface area (Å²) in [5, 5.41) is 3.26. The van der Waals surface area contributed by atoms with E-state index in [1.165, 1.54) is 51.9 Å². The van der Waals surface area contributed by atoms with Gasteiger partial charge in [-0.15, -0.1) is 0 Å². The van der Waals surface area contributed by atoms with E-state index in [0.29, 0.717) is 0 Å². The smallest absolute Gasteiger partial charge is 0.00123 e. The summed E-state index contributed by atoms with van der Waals surface area (Å²) < 4.78 is 0.